The van der Waals surface area contributed by atoms with E-state index < -0.39 is 0 Å². The Labute approximate surface area is 126 Å². The van der Waals surface area contributed by atoms with Gasteiger partial charge in [0.25, 0.3) is 0 Å². The van der Waals surface area contributed by atoms with Crippen molar-refractivity contribution in [3.8, 4) is 5.75 Å². The summed E-state index contributed by atoms with van der Waals surface area (Å²) < 4.78 is 5.88. The molecule has 0 aliphatic heterocycles. The molecule has 0 saturated heterocycles. The van der Waals surface area contributed by atoms with Gasteiger partial charge < -0.3 is 10.1 Å². The average molecular weight is 285 g/mol. The fourth-order valence-corrected chi connectivity index (χ4v) is 2.01. The Kier molecular flexibility index (Phi) is 5.55. The van der Waals surface area contributed by atoms with Crippen LogP contribution in [0.25, 0.3) is 0 Å². The normalized spacial score (nSPS) is 10.7. The smallest absolute Gasteiger partial charge is 0.144 e. The van der Waals surface area contributed by atoms with Gasteiger partial charge in [0.1, 0.15) is 18.2 Å². The molecule has 1 aromatic carbocycles. The first-order valence-electron chi connectivity index (χ1n) is 7.47. The molecule has 4 heteroatoms. The van der Waals surface area contributed by atoms with Crippen molar-refractivity contribution in [3.63, 3.8) is 0 Å². The highest BCUT2D eigenvalue weighted by Gasteiger charge is 2.07. The molecule has 0 aliphatic rings. The summed E-state index contributed by atoms with van der Waals surface area (Å²) in [6.45, 7) is 7.79. The van der Waals surface area contributed by atoms with Crippen LogP contribution in [0.15, 0.2) is 36.7 Å². The summed E-state index contributed by atoms with van der Waals surface area (Å²) in [4.78, 5) is 8.70. The summed E-state index contributed by atoms with van der Waals surface area (Å²) in [7, 11) is 0. The fraction of sp³-hybridized carbons (Fsp3) is 0.412. The van der Waals surface area contributed by atoms with Gasteiger partial charge in [0, 0.05) is 6.54 Å². The zero-order valence-electron chi connectivity index (χ0n) is 13.0. The van der Waals surface area contributed by atoms with Crippen LogP contribution in [0, 0.1) is 0 Å². The van der Waals surface area contributed by atoms with E-state index in [2.05, 4.69) is 42.1 Å². The van der Waals surface area contributed by atoms with Crippen molar-refractivity contribution in [3.05, 3.63) is 47.9 Å². The van der Waals surface area contributed by atoms with Gasteiger partial charge in [-0.05, 0) is 24.0 Å². The van der Waals surface area contributed by atoms with Crippen LogP contribution in [0.2, 0.25) is 0 Å². The van der Waals surface area contributed by atoms with Crippen molar-refractivity contribution in [1.82, 2.24) is 9.97 Å². The first-order valence-corrected chi connectivity index (χ1v) is 7.47. The number of para-hydroxylation sites is 1. The standard InChI is InChI=1S/C17H23N3O/c1-4-9-18-17-11-19-14(10-20-17)12-21-16-8-6-5-7-15(16)13(2)3/h5-8,10-11,13H,4,9,12H2,1-3H3,(H,18,20). The third-order valence-corrected chi connectivity index (χ3v) is 3.18. The predicted octanol–water partition coefficient (Wildman–Crippen LogP) is 4.00. The maximum atomic E-state index is 5.88. The summed E-state index contributed by atoms with van der Waals surface area (Å²) in [5.74, 6) is 2.17. The molecule has 1 N–H and O–H groups in total. The molecule has 0 amide bonds. The topological polar surface area (TPSA) is 47.0 Å². The van der Waals surface area contributed by atoms with Gasteiger partial charge in [-0.15, -0.1) is 0 Å². The number of hydrogen-bond acceptors (Lipinski definition) is 4. The van der Waals surface area contributed by atoms with E-state index in [-0.39, 0.29) is 0 Å². The molecule has 0 bridgehead atoms. The third kappa shape index (κ3) is 4.45. The molecule has 1 heterocycles. The highest BCUT2D eigenvalue weighted by atomic mass is 16.5. The molecular weight excluding hydrogens is 262 g/mol. The zero-order chi connectivity index (χ0) is 15.1. The molecule has 4 nitrogen and oxygen atoms in total. The molecule has 0 unspecified atom stereocenters. The predicted molar refractivity (Wildman–Crippen MR) is 85.7 cm³/mol. The van der Waals surface area contributed by atoms with Gasteiger partial charge in [0.05, 0.1) is 18.1 Å². The van der Waals surface area contributed by atoms with Crippen molar-refractivity contribution in [2.24, 2.45) is 0 Å². The largest absolute Gasteiger partial charge is 0.487 e. The van der Waals surface area contributed by atoms with Crippen LogP contribution < -0.4 is 10.1 Å². The number of anilines is 1. The first-order chi connectivity index (χ1) is 10.2. The number of rotatable bonds is 7. The van der Waals surface area contributed by atoms with E-state index in [1.807, 2.05) is 18.2 Å². The minimum atomic E-state index is 0.435. The minimum absolute atomic E-state index is 0.435. The molecule has 1 aromatic heterocycles. The summed E-state index contributed by atoms with van der Waals surface area (Å²) in [5.41, 5.74) is 2.04. The van der Waals surface area contributed by atoms with Crippen LogP contribution in [-0.2, 0) is 6.61 Å². The Morgan fingerprint density at radius 1 is 1.14 bits per heavy atom. The van der Waals surface area contributed by atoms with E-state index in [0.717, 1.165) is 30.2 Å². The van der Waals surface area contributed by atoms with Crippen molar-refractivity contribution in [2.75, 3.05) is 11.9 Å². The van der Waals surface area contributed by atoms with Gasteiger partial charge in [-0.2, -0.15) is 0 Å². The number of benzene rings is 1. The van der Waals surface area contributed by atoms with Crippen LogP contribution in [0.1, 0.15) is 44.4 Å². The second-order valence-corrected chi connectivity index (χ2v) is 5.30. The van der Waals surface area contributed by atoms with Gasteiger partial charge >= 0.3 is 0 Å². The number of ether oxygens (including phenoxy) is 1. The molecule has 2 rings (SSSR count). The Bertz CT molecular complexity index is 552. The molecule has 112 valence electrons. The number of nitrogens with zero attached hydrogens (tertiary/aromatic N) is 2. The lowest BCUT2D eigenvalue weighted by Gasteiger charge is -2.13. The second kappa shape index (κ2) is 7.62. The van der Waals surface area contributed by atoms with Crippen LogP contribution in [0.4, 0.5) is 5.82 Å². The molecule has 2 aromatic rings. The van der Waals surface area contributed by atoms with Gasteiger partial charge in [0.15, 0.2) is 0 Å². The van der Waals surface area contributed by atoms with Crippen LogP contribution in [0.3, 0.4) is 0 Å². The lowest BCUT2D eigenvalue weighted by atomic mass is 10.0. The lowest BCUT2D eigenvalue weighted by molar-refractivity contribution is 0.296. The average Bonchev–Trinajstić information content (AvgIpc) is 2.52. The fourth-order valence-electron chi connectivity index (χ4n) is 2.01. The molecule has 0 radical (unpaired) electrons. The second-order valence-electron chi connectivity index (χ2n) is 5.30. The lowest BCUT2D eigenvalue weighted by Crippen LogP contribution is -2.05. The van der Waals surface area contributed by atoms with Crippen LogP contribution in [-0.4, -0.2) is 16.5 Å². The summed E-state index contributed by atoms with van der Waals surface area (Å²) >= 11 is 0. The van der Waals surface area contributed by atoms with E-state index in [1.165, 1.54) is 5.56 Å². The van der Waals surface area contributed by atoms with E-state index in [4.69, 9.17) is 4.74 Å². The van der Waals surface area contributed by atoms with E-state index in [9.17, 15) is 0 Å². The molecule has 0 spiro atoms. The molecule has 0 aliphatic carbocycles. The Morgan fingerprint density at radius 2 is 1.95 bits per heavy atom. The van der Waals surface area contributed by atoms with Crippen molar-refractivity contribution in [1.29, 1.82) is 0 Å². The summed E-state index contributed by atoms with van der Waals surface area (Å²) in [6.07, 6.45) is 4.58. The van der Waals surface area contributed by atoms with E-state index >= 15 is 0 Å². The van der Waals surface area contributed by atoms with Crippen molar-refractivity contribution >= 4 is 5.82 Å². The zero-order valence-corrected chi connectivity index (χ0v) is 13.0. The van der Waals surface area contributed by atoms with E-state index in [0.29, 0.717) is 12.5 Å². The maximum absolute atomic E-state index is 5.88. The number of hydrogen-bond donors (Lipinski definition) is 1. The van der Waals surface area contributed by atoms with Gasteiger partial charge in [0.2, 0.25) is 0 Å². The van der Waals surface area contributed by atoms with Crippen LogP contribution >= 0.6 is 0 Å². The highest BCUT2D eigenvalue weighted by molar-refractivity contribution is 5.36. The number of aromatic nitrogens is 2. The number of nitrogens with one attached hydrogen (secondary N) is 1. The van der Waals surface area contributed by atoms with Crippen molar-refractivity contribution in [2.45, 2.75) is 39.7 Å². The van der Waals surface area contributed by atoms with Crippen molar-refractivity contribution < 1.29 is 4.74 Å². The molecule has 0 saturated carbocycles. The maximum Gasteiger partial charge on any atom is 0.144 e. The summed E-state index contributed by atoms with van der Waals surface area (Å²) in [6, 6.07) is 8.13. The minimum Gasteiger partial charge on any atom is -0.487 e. The Morgan fingerprint density at radius 3 is 2.62 bits per heavy atom. The highest BCUT2D eigenvalue weighted by Crippen LogP contribution is 2.26. The molecule has 0 fully saturated rings. The van der Waals surface area contributed by atoms with E-state index in [1.54, 1.807) is 12.4 Å². The first kappa shape index (κ1) is 15.3. The Balaban J connectivity index is 1.97. The summed E-state index contributed by atoms with van der Waals surface area (Å²) in [5, 5.41) is 3.20. The molecule has 21 heavy (non-hydrogen) atoms. The van der Waals surface area contributed by atoms with Gasteiger partial charge in [-0.1, -0.05) is 39.0 Å². The Hall–Kier alpha value is -2.10. The van der Waals surface area contributed by atoms with Gasteiger partial charge in [-0.25, -0.2) is 4.98 Å². The third-order valence-electron chi connectivity index (χ3n) is 3.18. The SMILES string of the molecule is CCCNc1cnc(COc2ccccc2C(C)C)cn1. The monoisotopic (exact) mass is 285 g/mol. The molecule has 0 atom stereocenters. The molecular formula is C17H23N3O. The van der Waals surface area contributed by atoms with Crippen LogP contribution in [0.5, 0.6) is 5.75 Å². The quantitative estimate of drug-likeness (QED) is 0.835. The van der Waals surface area contributed by atoms with Gasteiger partial charge in [-0.3, -0.25) is 4.98 Å².